The van der Waals surface area contributed by atoms with Crippen LogP contribution in [0.3, 0.4) is 0 Å². The summed E-state index contributed by atoms with van der Waals surface area (Å²) in [7, 11) is 1.34. The minimum absolute atomic E-state index is 0.408. The quantitative estimate of drug-likeness (QED) is 0.784. The third-order valence-corrected chi connectivity index (χ3v) is 2.61. The molecule has 5 heteroatoms. The first-order valence-corrected chi connectivity index (χ1v) is 6.10. The van der Waals surface area contributed by atoms with Crippen LogP contribution >= 0.6 is 15.9 Å². The number of carbonyl (C=O) groups is 1. The minimum Gasteiger partial charge on any atom is -0.490 e. The maximum atomic E-state index is 11.5. The van der Waals surface area contributed by atoms with Crippen LogP contribution in [0.15, 0.2) is 16.6 Å². The van der Waals surface area contributed by atoms with E-state index in [4.69, 9.17) is 9.47 Å². The number of hydrogen-bond acceptors (Lipinski definition) is 4. The predicted molar refractivity (Wildman–Crippen MR) is 67.8 cm³/mol. The number of esters is 1. The van der Waals surface area contributed by atoms with Gasteiger partial charge in [-0.25, -0.2) is 4.79 Å². The second-order valence-corrected chi connectivity index (χ2v) is 4.00. The summed E-state index contributed by atoms with van der Waals surface area (Å²) in [6.07, 6.45) is 0. The lowest BCUT2D eigenvalue weighted by atomic mass is 10.2. The second kappa shape index (κ2) is 6.49. The Morgan fingerprint density at radius 3 is 2.41 bits per heavy atom. The fraction of sp³-hybridized carbons (Fsp3) is 0.417. The molecular formula is C12H15BrO4. The van der Waals surface area contributed by atoms with Crippen LogP contribution in [-0.2, 0) is 4.74 Å². The molecule has 0 spiro atoms. The molecule has 17 heavy (non-hydrogen) atoms. The van der Waals surface area contributed by atoms with Crippen molar-refractivity contribution < 1.29 is 19.0 Å². The highest BCUT2D eigenvalue weighted by Gasteiger charge is 2.15. The lowest BCUT2D eigenvalue weighted by Gasteiger charge is -2.13. The van der Waals surface area contributed by atoms with Crippen molar-refractivity contribution in [2.45, 2.75) is 13.8 Å². The average molecular weight is 303 g/mol. The normalized spacial score (nSPS) is 9.88. The fourth-order valence-corrected chi connectivity index (χ4v) is 1.91. The van der Waals surface area contributed by atoms with Crippen LogP contribution in [0.1, 0.15) is 24.2 Å². The summed E-state index contributed by atoms with van der Waals surface area (Å²) in [4.78, 5) is 11.5. The number of methoxy groups -OCH3 is 1. The molecule has 1 aromatic rings. The zero-order valence-electron chi connectivity index (χ0n) is 10.1. The van der Waals surface area contributed by atoms with E-state index >= 15 is 0 Å². The third-order valence-electron chi connectivity index (χ3n) is 2.02. The van der Waals surface area contributed by atoms with Crippen LogP contribution in [0.5, 0.6) is 11.5 Å². The van der Waals surface area contributed by atoms with Crippen LogP contribution in [0.4, 0.5) is 0 Å². The van der Waals surface area contributed by atoms with E-state index < -0.39 is 5.97 Å². The van der Waals surface area contributed by atoms with E-state index in [1.165, 1.54) is 7.11 Å². The molecule has 0 saturated heterocycles. The van der Waals surface area contributed by atoms with E-state index in [0.717, 1.165) is 0 Å². The monoisotopic (exact) mass is 302 g/mol. The molecule has 1 rings (SSSR count). The van der Waals surface area contributed by atoms with Crippen molar-refractivity contribution in [3.8, 4) is 11.5 Å². The topological polar surface area (TPSA) is 44.8 Å². The highest BCUT2D eigenvalue weighted by molar-refractivity contribution is 9.10. The largest absolute Gasteiger partial charge is 0.490 e. The van der Waals surface area contributed by atoms with Crippen LogP contribution < -0.4 is 9.47 Å². The molecule has 0 aliphatic heterocycles. The Kier molecular flexibility index (Phi) is 5.28. The number of benzene rings is 1. The van der Waals surface area contributed by atoms with E-state index in [1.54, 1.807) is 12.1 Å². The molecule has 0 atom stereocenters. The first kappa shape index (κ1) is 13.8. The molecule has 0 bridgehead atoms. The molecule has 1 aromatic carbocycles. The van der Waals surface area contributed by atoms with E-state index in [1.807, 2.05) is 13.8 Å². The molecule has 0 aliphatic carbocycles. The van der Waals surface area contributed by atoms with Gasteiger partial charge in [0.2, 0.25) is 0 Å². The Balaban J connectivity index is 3.19. The lowest BCUT2D eigenvalue weighted by Crippen LogP contribution is -2.05. The van der Waals surface area contributed by atoms with Crippen LogP contribution in [0, 0.1) is 0 Å². The Bertz CT molecular complexity index is 404. The second-order valence-electron chi connectivity index (χ2n) is 3.14. The van der Waals surface area contributed by atoms with E-state index in [-0.39, 0.29) is 0 Å². The maximum absolute atomic E-state index is 11.5. The SMILES string of the molecule is CCOc1cc(C(=O)OC)cc(Br)c1OCC. The Hall–Kier alpha value is -1.23. The van der Waals surface area contributed by atoms with E-state index in [0.29, 0.717) is 34.7 Å². The number of hydrogen-bond donors (Lipinski definition) is 0. The van der Waals surface area contributed by atoms with Crippen molar-refractivity contribution in [1.82, 2.24) is 0 Å². The van der Waals surface area contributed by atoms with Gasteiger partial charge in [0.05, 0.1) is 30.4 Å². The molecule has 94 valence electrons. The molecule has 0 saturated carbocycles. The summed E-state index contributed by atoms with van der Waals surface area (Å²) in [6.45, 7) is 4.78. The zero-order valence-corrected chi connectivity index (χ0v) is 11.7. The standard InChI is InChI=1S/C12H15BrO4/c1-4-16-10-7-8(12(14)15-3)6-9(13)11(10)17-5-2/h6-7H,4-5H2,1-3H3. The van der Waals surface area contributed by atoms with Crippen molar-refractivity contribution >= 4 is 21.9 Å². The molecule has 0 amide bonds. The summed E-state index contributed by atoms with van der Waals surface area (Å²) in [5.74, 6) is 0.723. The van der Waals surface area contributed by atoms with Gasteiger partial charge in [-0.3, -0.25) is 0 Å². The van der Waals surface area contributed by atoms with Gasteiger partial charge in [-0.05, 0) is 41.9 Å². The first-order chi connectivity index (χ1) is 8.13. The van der Waals surface area contributed by atoms with Crippen molar-refractivity contribution in [3.05, 3.63) is 22.2 Å². The lowest BCUT2D eigenvalue weighted by molar-refractivity contribution is 0.0600. The zero-order chi connectivity index (χ0) is 12.8. The molecule has 0 aliphatic rings. The number of carbonyl (C=O) groups excluding carboxylic acids is 1. The molecule has 0 fully saturated rings. The van der Waals surface area contributed by atoms with Crippen molar-refractivity contribution in [2.24, 2.45) is 0 Å². The number of rotatable bonds is 5. The van der Waals surface area contributed by atoms with Gasteiger partial charge in [0.1, 0.15) is 0 Å². The first-order valence-electron chi connectivity index (χ1n) is 5.31. The van der Waals surface area contributed by atoms with Gasteiger partial charge < -0.3 is 14.2 Å². The van der Waals surface area contributed by atoms with Gasteiger partial charge in [0.25, 0.3) is 0 Å². The molecule has 0 N–H and O–H groups in total. The Morgan fingerprint density at radius 2 is 1.88 bits per heavy atom. The molecule has 0 unspecified atom stereocenters. The Morgan fingerprint density at radius 1 is 1.24 bits per heavy atom. The molecule has 0 aromatic heterocycles. The van der Waals surface area contributed by atoms with Gasteiger partial charge in [-0.1, -0.05) is 0 Å². The fourth-order valence-electron chi connectivity index (χ4n) is 1.35. The van der Waals surface area contributed by atoms with Crippen LogP contribution in [-0.4, -0.2) is 26.3 Å². The van der Waals surface area contributed by atoms with Crippen LogP contribution in [0.25, 0.3) is 0 Å². The molecule has 0 heterocycles. The highest BCUT2D eigenvalue weighted by atomic mass is 79.9. The third kappa shape index (κ3) is 3.36. The average Bonchev–Trinajstić information content (AvgIpc) is 2.32. The van der Waals surface area contributed by atoms with Crippen molar-refractivity contribution in [1.29, 1.82) is 0 Å². The van der Waals surface area contributed by atoms with Crippen molar-refractivity contribution in [3.63, 3.8) is 0 Å². The number of ether oxygens (including phenoxy) is 3. The van der Waals surface area contributed by atoms with Crippen LogP contribution in [0.2, 0.25) is 0 Å². The summed E-state index contributed by atoms with van der Waals surface area (Å²) in [6, 6.07) is 3.27. The maximum Gasteiger partial charge on any atom is 0.338 e. The van der Waals surface area contributed by atoms with E-state index in [9.17, 15) is 4.79 Å². The highest BCUT2D eigenvalue weighted by Crippen LogP contribution is 2.37. The van der Waals surface area contributed by atoms with Gasteiger partial charge in [-0.15, -0.1) is 0 Å². The van der Waals surface area contributed by atoms with E-state index in [2.05, 4.69) is 20.7 Å². The summed E-state index contributed by atoms with van der Waals surface area (Å²) in [5, 5.41) is 0. The van der Waals surface area contributed by atoms with Gasteiger partial charge in [0, 0.05) is 0 Å². The molecule has 4 nitrogen and oxygen atoms in total. The predicted octanol–water partition coefficient (Wildman–Crippen LogP) is 3.03. The Labute approximate surface area is 109 Å². The van der Waals surface area contributed by atoms with Gasteiger partial charge >= 0.3 is 5.97 Å². The summed E-state index contributed by atoms with van der Waals surface area (Å²) < 4.78 is 16.2. The van der Waals surface area contributed by atoms with Crippen molar-refractivity contribution in [2.75, 3.05) is 20.3 Å². The smallest absolute Gasteiger partial charge is 0.338 e. The summed E-state index contributed by atoms with van der Waals surface area (Å²) in [5.41, 5.74) is 0.422. The summed E-state index contributed by atoms with van der Waals surface area (Å²) >= 11 is 3.35. The minimum atomic E-state index is -0.408. The molecule has 0 radical (unpaired) electrons. The number of halogens is 1. The van der Waals surface area contributed by atoms with Gasteiger partial charge in [-0.2, -0.15) is 0 Å². The van der Waals surface area contributed by atoms with Gasteiger partial charge in [0.15, 0.2) is 11.5 Å². The molecular weight excluding hydrogens is 288 g/mol.